The van der Waals surface area contributed by atoms with Gasteiger partial charge in [-0.3, -0.25) is 4.90 Å². The number of likely N-dealkylation sites (N-methyl/N-ethyl adjacent to an activating group) is 1. The van der Waals surface area contributed by atoms with E-state index in [0.29, 0.717) is 13.2 Å². The van der Waals surface area contributed by atoms with Crippen LogP contribution in [0, 0.1) is 0 Å². The molecule has 16 heavy (non-hydrogen) atoms. The first kappa shape index (κ1) is 13.4. The zero-order chi connectivity index (χ0) is 12.0. The molecule has 1 aromatic heterocycles. The highest BCUT2D eigenvalue weighted by atomic mass is 32.1. The molecule has 0 saturated heterocycles. The van der Waals surface area contributed by atoms with Crippen LogP contribution in [0.1, 0.15) is 4.88 Å². The summed E-state index contributed by atoms with van der Waals surface area (Å²) in [5.74, 6) is 0. The molecule has 1 unspecified atom stereocenters. The van der Waals surface area contributed by atoms with Gasteiger partial charge in [0.1, 0.15) is 0 Å². The second-order valence-electron chi connectivity index (χ2n) is 3.73. The van der Waals surface area contributed by atoms with Gasteiger partial charge in [-0.25, -0.2) is 0 Å². The lowest BCUT2D eigenvalue weighted by Gasteiger charge is -2.19. The van der Waals surface area contributed by atoms with Gasteiger partial charge in [0.2, 0.25) is 0 Å². The highest BCUT2D eigenvalue weighted by Crippen LogP contribution is 2.24. The van der Waals surface area contributed by atoms with E-state index in [1.165, 1.54) is 4.88 Å². The van der Waals surface area contributed by atoms with Gasteiger partial charge in [0.15, 0.2) is 5.06 Å². The molecule has 0 aromatic carbocycles. The first-order chi connectivity index (χ1) is 7.65. The van der Waals surface area contributed by atoms with E-state index in [4.69, 9.17) is 9.47 Å². The van der Waals surface area contributed by atoms with Crippen molar-refractivity contribution >= 4 is 11.3 Å². The fraction of sp³-hybridized carbons (Fsp3) is 0.636. The largest absolute Gasteiger partial charge is 0.487 e. The molecule has 4 nitrogen and oxygen atoms in total. The summed E-state index contributed by atoms with van der Waals surface area (Å²) >= 11 is 1.62. The SMILES string of the molecule is COCC(O)CN(C)Cc1ccc(OC)s1. The molecule has 0 spiro atoms. The van der Waals surface area contributed by atoms with Crippen LogP contribution in [0.25, 0.3) is 0 Å². The first-order valence-corrected chi connectivity index (χ1v) is 5.95. The van der Waals surface area contributed by atoms with E-state index in [9.17, 15) is 5.11 Å². The first-order valence-electron chi connectivity index (χ1n) is 5.14. The number of hydrogen-bond acceptors (Lipinski definition) is 5. The summed E-state index contributed by atoms with van der Waals surface area (Å²) in [6.45, 7) is 1.79. The fourth-order valence-corrected chi connectivity index (χ4v) is 2.39. The van der Waals surface area contributed by atoms with Crippen LogP contribution in [-0.2, 0) is 11.3 Å². The van der Waals surface area contributed by atoms with Gasteiger partial charge in [0, 0.05) is 25.1 Å². The monoisotopic (exact) mass is 245 g/mol. The zero-order valence-electron chi connectivity index (χ0n) is 9.97. The molecule has 1 rings (SSSR count). The average molecular weight is 245 g/mol. The van der Waals surface area contributed by atoms with Crippen LogP contribution in [-0.4, -0.2) is 50.5 Å². The van der Waals surface area contributed by atoms with Gasteiger partial charge < -0.3 is 14.6 Å². The van der Waals surface area contributed by atoms with Gasteiger partial charge in [-0.1, -0.05) is 0 Å². The predicted molar refractivity (Wildman–Crippen MR) is 65.1 cm³/mol. The van der Waals surface area contributed by atoms with E-state index in [0.717, 1.165) is 11.6 Å². The van der Waals surface area contributed by atoms with Crippen LogP contribution in [0.2, 0.25) is 0 Å². The van der Waals surface area contributed by atoms with Crippen molar-refractivity contribution in [3.05, 3.63) is 17.0 Å². The summed E-state index contributed by atoms with van der Waals surface area (Å²) < 4.78 is 10.0. The molecule has 1 heterocycles. The van der Waals surface area contributed by atoms with Crippen molar-refractivity contribution in [2.24, 2.45) is 0 Å². The Hall–Kier alpha value is -0.620. The van der Waals surface area contributed by atoms with Gasteiger partial charge in [-0.05, 0) is 19.2 Å². The number of aliphatic hydroxyl groups is 1. The zero-order valence-corrected chi connectivity index (χ0v) is 10.8. The summed E-state index contributed by atoms with van der Waals surface area (Å²) in [7, 11) is 5.24. The molecule has 0 bridgehead atoms. The van der Waals surface area contributed by atoms with Crippen LogP contribution in [0.5, 0.6) is 5.06 Å². The molecular weight excluding hydrogens is 226 g/mol. The van der Waals surface area contributed by atoms with E-state index >= 15 is 0 Å². The third-order valence-corrected chi connectivity index (χ3v) is 3.18. The van der Waals surface area contributed by atoms with Crippen molar-refractivity contribution in [2.45, 2.75) is 12.6 Å². The van der Waals surface area contributed by atoms with Gasteiger partial charge >= 0.3 is 0 Å². The minimum Gasteiger partial charge on any atom is -0.487 e. The Labute approximate surface area is 100 Å². The average Bonchev–Trinajstić information content (AvgIpc) is 2.65. The van der Waals surface area contributed by atoms with Crippen molar-refractivity contribution in [3.63, 3.8) is 0 Å². The number of rotatable bonds is 7. The molecule has 0 aliphatic carbocycles. The second-order valence-corrected chi connectivity index (χ2v) is 4.86. The number of hydrogen-bond donors (Lipinski definition) is 1. The molecule has 0 aliphatic heterocycles. The van der Waals surface area contributed by atoms with Crippen molar-refractivity contribution in [1.82, 2.24) is 4.90 Å². The summed E-state index contributed by atoms with van der Waals surface area (Å²) in [5.41, 5.74) is 0. The molecule has 0 aliphatic rings. The Morgan fingerprint density at radius 1 is 1.44 bits per heavy atom. The van der Waals surface area contributed by atoms with Crippen molar-refractivity contribution < 1.29 is 14.6 Å². The second kappa shape index (κ2) is 6.85. The predicted octanol–water partition coefficient (Wildman–Crippen LogP) is 1.20. The van der Waals surface area contributed by atoms with E-state index in [-0.39, 0.29) is 0 Å². The third kappa shape index (κ3) is 4.49. The number of nitrogens with zero attached hydrogens (tertiary/aromatic N) is 1. The lowest BCUT2D eigenvalue weighted by atomic mass is 10.3. The summed E-state index contributed by atoms with van der Waals surface area (Å²) in [5, 5.41) is 10.5. The van der Waals surface area contributed by atoms with Crippen molar-refractivity contribution in [3.8, 4) is 5.06 Å². The molecule has 0 fully saturated rings. The van der Waals surface area contributed by atoms with Crippen molar-refractivity contribution in [1.29, 1.82) is 0 Å². The van der Waals surface area contributed by atoms with E-state index in [2.05, 4.69) is 4.90 Å². The van der Waals surface area contributed by atoms with Gasteiger partial charge in [0.25, 0.3) is 0 Å². The summed E-state index contributed by atoms with van der Waals surface area (Å²) in [6, 6.07) is 4.00. The molecule has 1 aromatic rings. The molecule has 1 atom stereocenters. The number of aliphatic hydroxyl groups excluding tert-OH is 1. The van der Waals surface area contributed by atoms with E-state index in [1.54, 1.807) is 25.6 Å². The summed E-state index contributed by atoms with van der Waals surface area (Å²) in [4.78, 5) is 3.29. The smallest absolute Gasteiger partial charge is 0.173 e. The van der Waals surface area contributed by atoms with E-state index in [1.807, 2.05) is 19.2 Å². The van der Waals surface area contributed by atoms with Gasteiger partial charge in [0.05, 0.1) is 19.8 Å². The molecular formula is C11H19NO3S. The molecule has 0 amide bonds. The fourth-order valence-electron chi connectivity index (χ4n) is 1.49. The molecule has 92 valence electrons. The van der Waals surface area contributed by atoms with Gasteiger partial charge in [-0.15, -0.1) is 11.3 Å². The van der Waals surface area contributed by atoms with Crippen LogP contribution in [0.4, 0.5) is 0 Å². The quantitative estimate of drug-likeness (QED) is 0.783. The maximum atomic E-state index is 9.56. The third-order valence-electron chi connectivity index (χ3n) is 2.15. The minimum atomic E-state index is -0.433. The van der Waals surface area contributed by atoms with Crippen LogP contribution >= 0.6 is 11.3 Å². The Kier molecular flexibility index (Phi) is 5.76. The number of methoxy groups -OCH3 is 2. The highest BCUT2D eigenvalue weighted by Gasteiger charge is 2.09. The molecule has 0 saturated carbocycles. The Balaban J connectivity index is 2.35. The molecule has 1 N–H and O–H groups in total. The minimum absolute atomic E-state index is 0.373. The molecule has 5 heteroatoms. The topological polar surface area (TPSA) is 41.9 Å². The van der Waals surface area contributed by atoms with Crippen LogP contribution < -0.4 is 4.74 Å². The normalized spacial score (nSPS) is 13.1. The lowest BCUT2D eigenvalue weighted by Crippen LogP contribution is -2.31. The van der Waals surface area contributed by atoms with Gasteiger partial charge in [-0.2, -0.15) is 0 Å². The summed E-state index contributed by atoms with van der Waals surface area (Å²) in [6.07, 6.45) is -0.433. The Bertz CT molecular complexity index is 303. The standard InChI is InChI=1S/C11H19NO3S/c1-12(6-9(13)8-14-2)7-10-4-5-11(15-3)16-10/h4-5,9,13H,6-8H2,1-3H3. The highest BCUT2D eigenvalue weighted by molar-refractivity contribution is 7.13. The van der Waals surface area contributed by atoms with Crippen LogP contribution in [0.3, 0.4) is 0 Å². The van der Waals surface area contributed by atoms with Crippen molar-refractivity contribution in [2.75, 3.05) is 34.4 Å². The molecule has 0 radical (unpaired) electrons. The number of ether oxygens (including phenoxy) is 2. The Morgan fingerprint density at radius 3 is 2.75 bits per heavy atom. The Morgan fingerprint density at radius 2 is 2.19 bits per heavy atom. The number of thiophene rings is 1. The van der Waals surface area contributed by atoms with E-state index < -0.39 is 6.10 Å². The lowest BCUT2D eigenvalue weighted by molar-refractivity contribution is 0.0420. The maximum Gasteiger partial charge on any atom is 0.173 e. The maximum absolute atomic E-state index is 9.56. The van der Waals surface area contributed by atoms with Crippen LogP contribution in [0.15, 0.2) is 12.1 Å².